The molecule has 29 heavy (non-hydrogen) atoms. The van der Waals surface area contributed by atoms with Crippen molar-refractivity contribution in [3.8, 4) is 5.75 Å². The Labute approximate surface area is 172 Å². The summed E-state index contributed by atoms with van der Waals surface area (Å²) >= 11 is 0. The van der Waals surface area contributed by atoms with E-state index >= 15 is 0 Å². The first-order valence-corrected chi connectivity index (χ1v) is 10.1. The smallest absolute Gasteiger partial charge is 0.243 e. The first kappa shape index (κ1) is 20.6. The van der Waals surface area contributed by atoms with Gasteiger partial charge in [-0.05, 0) is 68.2 Å². The third-order valence-corrected chi connectivity index (χ3v) is 4.81. The zero-order chi connectivity index (χ0) is 20.6. The van der Waals surface area contributed by atoms with E-state index in [1.807, 2.05) is 18.2 Å². The van der Waals surface area contributed by atoms with Gasteiger partial charge in [0.25, 0.3) is 0 Å². The zero-order valence-electron chi connectivity index (χ0n) is 17.3. The van der Waals surface area contributed by atoms with Gasteiger partial charge >= 0.3 is 0 Å². The lowest BCUT2D eigenvalue weighted by atomic mass is 10.1. The third kappa shape index (κ3) is 5.70. The summed E-state index contributed by atoms with van der Waals surface area (Å²) in [6.07, 6.45) is 3.94. The van der Waals surface area contributed by atoms with Crippen LogP contribution >= 0.6 is 0 Å². The molecule has 3 rings (SSSR count). The van der Waals surface area contributed by atoms with E-state index < -0.39 is 0 Å². The Kier molecular flexibility index (Phi) is 7.06. The summed E-state index contributed by atoms with van der Waals surface area (Å²) in [4.78, 5) is 16.1. The number of ether oxygens (including phenoxy) is 1. The van der Waals surface area contributed by atoms with Crippen LogP contribution in [-0.2, 0) is 17.8 Å². The maximum Gasteiger partial charge on any atom is 0.243 e. The second-order valence-corrected chi connectivity index (χ2v) is 7.29. The first-order chi connectivity index (χ1) is 14.1. The van der Waals surface area contributed by atoms with E-state index in [9.17, 15) is 4.79 Å². The van der Waals surface area contributed by atoms with Gasteiger partial charge in [-0.15, -0.1) is 0 Å². The Bertz CT molecular complexity index is 971. The van der Waals surface area contributed by atoms with Crippen LogP contribution in [0.25, 0.3) is 11.0 Å². The summed E-state index contributed by atoms with van der Waals surface area (Å²) in [5.41, 5.74) is 4.56. The summed E-state index contributed by atoms with van der Waals surface area (Å²) in [6.45, 7) is 9.77. The molecule has 152 valence electrons. The Morgan fingerprint density at radius 2 is 1.93 bits per heavy atom. The van der Waals surface area contributed by atoms with E-state index in [4.69, 9.17) is 9.72 Å². The minimum absolute atomic E-state index is 0.156. The number of benzene rings is 2. The SMILES string of the molecule is C=CC(=O)NCCc1nc2ccccc2n1CCCCOc1cc(C)cc(C)c1. The van der Waals surface area contributed by atoms with Gasteiger partial charge in [0, 0.05) is 19.5 Å². The monoisotopic (exact) mass is 391 g/mol. The predicted molar refractivity (Wildman–Crippen MR) is 117 cm³/mol. The number of imidazole rings is 1. The highest BCUT2D eigenvalue weighted by atomic mass is 16.5. The van der Waals surface area contributed by atoms with E-state index in [0.717, 1.165) is 42.0 Å². The fraction of sp³-hybridized carbons (Fsp3) is 0.333. The van der Waals surface area contributed by atoms with Crippen LogP contribution in [0.5, 0.6) is 5.75 Å². The number of nitrogens with one attached hydrogen (secondary N) is 1. The highest BCUT2D eigenvalue weighted by molar-refractivity contribution is 5.86. The average molecular weight is 392 g/mol. The Morgan fingerprint density at radius 1 is 1.17 bits per heavy atom. The van der Waals surface area contributed by atoms with Crippen molar-refractivity contribution in [2.75, 3.05) is 13.2 Å². The lowest BCUT2D eigenvalue weighted by molar-refractivity contribution is -0.116. The number of unbranched alkanes of at least 4 members (excludes halogenated alkanes) is 1. The van der Waals surface area contributed by atoms with Crippen molar-refractivity contribution in [2.45, 2.75) is 39.7 Å². The molecule has 0 atom stereocenters. The molecule has 0 radical (unpaired) electrons. The van der Waals surface area contributed by atoms with E-state index in [1.165, 1.54) is 17.2 Å². The summed E-state index contributed by atoms with van der Waals surface area (Å²) < 4.78 is 8.18. The molecule has 0 aliphatic rings. The molecule has 1 N–H and O–H groups in total. The van der Waals surface area contributed by atoms with Gasteiger partial charge in [0.1, 0.15) is 11.6 Å². The van der Waals surface area contributed by atoms with Gasteiger partial charge in [-0.25, -0.2) is 4.98 Å². The number of para-hydroxylation sites is 2. The first-order valence-electron chi connectivity index (χ1n) is 10.1. The fourth-order valence-corrected chi connectivity index (χ4v) is 3.51. The number of rotatable bonds is 10. The van der Waals surface area contributed by atoms with Gasteiger partial charge in [0.05, 0.1) is 17.6 Å². The van der Waals surface area contributed by atoms with Crippen LogP contribution in [0.2, 0.25) is 0 Å². The van der Waals surface area contributed by atoms with Crippen LogP contribution in [0, 0.1) is 13.8 Å². The van der Waals surface area contributed by atoms with Crippen LogP contribution in [0.1, 0.15) is 29.8 Å². The normalized spacial score (nSPS) is 10.8. The molecule has 1 heterocycles. The molecule has 5 nitrogen and oxygen atoms in total. The second-order valence-electron chi connectivity index (χ2n) is 7.29. The highest BCUT2D eigenvalue weighted by Gasteiger charge is 2.10. The van der Waals surface area contributed by atoms with Crippen molar-refractivity contribution in [1.29, 1.82) is 0 Å². The van der Waals surface area contributed by atoms with Crippen LogP contribution in [0.4, 0.5) is 0 Å². The third-order valence-electron chi connectivity index (χ3n) is 4.81. The number of carbonyl (C=O) groups excluding carboxylic acids is 1. The number of aromatic nitrogens is 2. The summed E-state index contributed by atoms with van der Waals surface area (Å²) in [6, 6.07) is 14.5. The van der Waals surface area contributed by atoms with Crippen molar-refractivity contribution < 1.29 is 9.53 Å². The molecule has 0 bridgehead atoms. The summed E-state index contributed by atoms with van der Waals surface area (Å²) in [5.74, 6) is 1.77. The second kappa shape index (κ2) is 9.92. The molecule has 0 unspecified atom stereocenters. The standard InChI is InChI=1S/C24H29N3O2/c1-4-24(28)25-12-11-23-26-21-9-5-6-10-22(21)27(23)13-7-8-14-29-20-16-18(2)15-19(3)17-20/h4-6,9-10,15-17H,1,7-8,11-14H2,2-3H3,(H,25,28). The minimum Gasteiger partial charge on any atom is -0.494 e. The van der Waals surface area contributed by atoms with E-state index in [0.29, 0.717) is 19.6 Å². The molecule has 1 amide bonds. The van der Waals surface area contributed by atoms with Gasteiger partial charge in [-0.2, -0.15) is 0 Å². The molecule has 1 aromatic heterocycles. The molecular weight excluding hydrogens is 362 g/mol. The van der Waals surface area contributed by atoms with Crippen LogP contribution < -0.4 is 10.1 Å². The Morgan fingerprint density at radius 3 is 2.69 bits per heavy atom. The number of hydrogen-bond donors (Lipinski definition) is 1. The summed E-state index contributed by atoms with van der Waals surface area (Å²) in [5, 5.41) is 2.83. The minimum atomic E-state index is -0.156. The van der Waals surface area contributed by atoms with Crippen molar-refractivity contribution in [1.82, 2.24) is 14.9 Å². The molecule has 0 saturated heterocycles. The molecule has 0 spiro atoms. The zero-order valence-corrected chi connectivity index (χ0v) is 17.3. The van der Waals surface area contributed by atoms with Gasteiger partial charge in [-0.3, -0.25) is 4.79 Å². The number of nitrogens with zero attached hydrogens (tertiary/aromatic N) is 2. The van der Waals surface area contributed by atoms with Crippen LogP contribution in [0.3, 0.4) is 0 Å². The molecule has 2 aromatic carbocycles. The molecule has 0 aliphatic carbocycles. The van der Waals surface area contributed by atoms with Crippen molar-refractivity contribution in [3.05, 3.63) is 72.1 Å². The number of carbonyl (C=O) groups is 1. The molecule has 0 aliphatic heterocycles. The number of amides is 1. The molecule has 5 heteroatoms. The van der Waals surface area contributed by atoms with Crippen molar-refractivity contribution >= 4 is 16.9 Å². The average Bonchev–Trinajstić information content (AvgIpc) is 3.04. The molecule has 3 aromatic rings. The van der Waals surface area contributed by atoms with Gasteiger partial charge in [0.2, 0.25) is 5.91 Å². The largest absolute Gasteiger partial charge is 0.494 e. The maximum absolute atomic E-state index is 11.4. The van der Waals surface area contributed by atoms with E-state index in [-0.39, 0.29) is 5.91 Å². The van der Waals surface area contributed by atoms with Gasteiger partial charge in [-0.1, -0.05) is 24.8 Å². The van der Waals surface area contributed by atoms with Crippen molar-refractivity contribution in [3.63, 3.8) is 0 Å². The molecule has 0 saturated carbocycles. The number of aryl methyl sites for hydroxylation is 3. The topological polar surface area (TPSA) is 56.2 Å². The number of hydrogen-bond acceptors (Lipinski definition) is 3. The number of fused-ring (bicyclic) bond motifs is 1. The Hall–Kier alpha value is -3.08. The lowest BCUT2D eigenvalue weighted by Gasteiger charge is -2.11. The fourth-order valence-electron chi connectivity index (χ4n) is 3.51. The predicted octanol–water partition coefficient (Wildman–Crippen LogP) is 4.36. The van der Waals surface area contributed by atoms with E-state index in [2.05, 4.69) is 54.6 Å². The van der Waals surface area contributed by atoms with Gasteiger partial charge < -0.3 is 14.6 Å². The quantitative estimate of drug-likeness (QED) is 0.413. The van der Waals surface area contributed by atoms with Gasteiger partial charge in [0.15, 0.2) is 0 Å². The highest BCUT2D eigenvalue weighted by Crippen LogP contribution is 2.19. The molecular formula is C24H29N3O2. The van der Waals surface area contributed by atoms with Crippen LogP contribution in [0.15, 0.2) is 55.1 Å². The molecule has 0 fully saturated rings. The summed E-state index contributed by atoms with van der Waals surface area (Å²) in [7, 11) is 0. The maximum atomic E-state index is 11.4. The van der Waals surface area contributed by atoms with Crippen LogP contribution in [-0.4, -0.2) is 28.6 Å². The van der Waals surface area contributed by atoms with E-state index in [1.54, 1.807) is 0 Å². The Balaban J connectivity index is 1.57. The lowest BCUT2D eigenvalue weighted by Crippen LogP contribution is -2.24. The van der Waals surface area contributed by atoms with Crippen molar-refractivity contribution in [2.24, 2.45) is 0 Å².